The first kappa shape index (κ1) is 23.1. The smallest absolute Gasteiger partial charge is 0.318 e. The summed E-state index contributed by atoms with van der Waals surface area (Å²) < 4.78 is 5.78. The van der Waals surface area contributed by atoms with E-state index in [9.17, 15) is 4.79 Å². The van der Waals surface area contributed by atoms with Crippen molar-refractivity contribution < 1.29 is 9.53 Å². The average Bonchev–Trinajstić information content (AvgIpc) is 2.76. The van der Waals surface area contributed by atoms with E-state index in [-0.39, 0.29) is 12.1 Å². The van der Waals surface area contributed by atoms with Crippen molar-refractivity contribution in [3.63, 3.8) is 0 Å². The minimum Gasteiger partial charge on any atom is -0.493 e. The predicted molar refractivity (Wildman–Crippen MR) is 124 cm³/mol. The Morgan fingerprint density at radius 3 is 2.48 bits per heavy atom. The lowest BCUT2D eigenvalue weighted by molar-refractivity contribution is 0.175. The molecule has 0 radical (unpaired) electrons. The molecule has 1 aliphatic heterocycles. The first-order chi connectivity index (χ1) is 14.9. The maximum absolute atomic E-state index is 13.2. The van der Waals surface area contributed by atoms with Crippen LogP contribution in [0.3, 0.4) is 0 Å². The Kier molecular flexibility index (Phi) is 8.29. The van der Waals surface area contributed by atoms with Gasteiger partial charge in [-0.3, -0.25) is 4.98 Å². The second-order valence-electron chi connectivity index (χ2n) is 9.06. The number of rotatable bonds is 8. The molecule has 1 N–H and O–H groups in total. The van der Waals surface area contributed by atoms with Crippen LogP contribution >= 0.6 is 0 Å². The summed E-state index contributed by atoms with van der Waals surface area (Å²) in [4.78, 5) is 21.8. The van der Waals surface area contributed by atoms with Gasteiger partial charge in [0.2, 0.25) is 0 Å². The molecule has 0 aliphatic carbocycles. The van der Waals surface area contributed by atoms with Gasteiger partial charge in [-0.1, -0.05) is 32.0 Å². The highest BCUT2D eigenvalue weighted by Gasteiger charge is 2.22. The molecule has 3 rings (SSSR count). The van der Waals surface area contributed by atoms with Gasteiger partial charge < -0.3 is 19.9 Å². The van der Waals surface area contributed by atoms with Crippen molar-refractivity contribution >= 4 is 6.03 Å². The van der Waals surface area contributed by atoms with Gasteiger partial charge in [0, 0.05) is 18.8 Å². The Morgan fingerprint density at radius 1 is 1.16 bits per heavy atom. The number of nitrogens with zero attached hydrogens (tertiary/aromatic N) is 3. The molecule has 0 spiro atoms. The van der Waals surface area contributed by atoms with Crippen LogP contribution in [0.2, 0.25) is 0 Å². The number of carbonyl (C=O) groups excluding carboxylic acids is 1. The summed E-state index contributed by atoms with van der Waals surface area (Å²) >= 11 is 0. The molecule has 2 amide bonds. The normalized spacial score (nSPS) is 15.1. The van der Waals surface area contributed by atoms with Crippen LogP contribution < -0.4 is 10.1 Å². The van der Waals surface area contributed by atoms with Crippen molar-refractivity contribution in [2.75, 3.05) is 26.7 Å². The minimum atomic E-state index is -0.0305. The topological polar surface area (TPSA) is 57.7 Å². The molecule has 0 bridgehead atoms. The molecule has 1 aliphatic rings. The largest absolute Gasteiger partial charge is 0.493 e. The first-order valence-electron chi connectivity index (χ1n) is 11.3. The summed E-state index contributed by atoms with van der Waals surface area (Å²) in [6.45, 7) is 10.0. The number of hydrogen-bond acceptors (Lipinski definition) is 4. The fraction of sp³-hybridized carbons (Fsp3) is 0.520. The summed E-state index contributed by atoms with van der Waals surface area (Å²) in [5.41, 5.74) is 3.08. The molecule has 1 fully saturated rings. The quantitative estimate of drug-likeness (QED) is 0.689. The van der Waals surface area contributed by atoms with Gasteiger partial charge in [0.25, 0.3) is 0 Å². The highest BCUT2D eigenvalue weighted by Crippen LogP contribution is 2.17. The maximum Gasteiger partial charge on any atom is 0.318 e. The second-order valence-corrected chi connectivity index (χ2v) is 9.06. The number of nitrogens with one attached hydrogen (secondary N) is 1. The fourth-order valence-electron chi connectivity index (χ4n) is 3.58. The van der Waals surface area contributed by atoms with E-state index in [2.05, 4.69) is 36.1 Å². The van der Waals surface area contributed by atoms with Crippen molar-refractivity contribution in [3.8, 4) is 5.75 Å². The number of carbonyl (C=O) groups is 1. The zero-order valence-electron chi connectivity index (χ0n) is 19.3. The number of ether oxygens (including phenoxy) is 1. The number of aryl methyl sites for hydroxylation is 1. The van der Waals surface area contributed by atoms with Crippen LogP contribution in [0.1, 0.15) is 43.5 Å². The van der Waals surface area contributed by atoms with E-state index in [1.807, 2.05) is 54.4 Å². The van der Waals surface area contributed by atoms with E-state index in [0.29, 0.717) is 25.6 Å². The molecule has 0 saturated carbocycles. The average molecular weight is 425 g/mol. The zero-order valence-corrected chi connectivity index (χ0v) is 19.3. The number of aromatic nitrogens is 1. The Morgan fingerprint density at radius 2 is 1.87 bits per heavy atom. The molecule has 0 atom stereocenters. The van der Waals surface area contributed by atoms with E-state index in [1.54, 1.807) is 0 Å². The molecule has 168 valence electrons. The summed E-state index contributed by atoms with van der Waals surface area (Å²) in [6, 6.07) is 12.3. The zero-order chi connectivity index (χ0) is 22.2. The summed E-state index contributed by atoms with van der Waals surface area (Å²) in [7, 11) is 2.13. The number of piperidine rings is 1. The summed E-state index contributed by atoms with van der Waals surface area (Å²) in [6.07, 6.45) is 3.82. The number of amides is 2. The molecule has 1 aromatic heterocycles. The van der Waals surface area contributed by atoms with Gasteiger partial charge in [-0.25, -0.2) is 4.79 Å². The van der Waals surface area contributed by atoms with Crippen LogP contribution in [0.25, 0.3) is 0 Å². The third-order valence-corrected chi connectivity index (χ3v) is 5.54. The molecule has 6 heteroatoms. The molecule has 2 aromatic rings. The maximum atomic E-state index is 13.2. The van der Waals surface area contributed by atoms with Crippen LogP contribution in [0.15, 0.2) is 42.6 Å². The van der Waals surface area contributed by atoms with Crippen molar-refractivity contribution in [3.05, 3.63) is 59.4 Å². The Bertz CT molecular complexity index is 812. The standard InChI is InChI=1S/C25H36N4O2/c1-19(2)18-31-24-9-6-21(7-10-24)16-29(17-23-8-5-20(3)15-26-23)25(30)27-22-11-13-28(4)14-12-22/h5-10,15,19,22H,11-14,16-18H2,1-4H3,(H,27,30). The van der Waals surface area contributed by atoms with E-state index < -0.39 is 0 Å². The number of pyridine rings is 1. The van der Waals surface area contributed by atoms with Gasteiger partial charge in [0.15, 0.2) is 0 Å². The third-order valence-electron chi connectivity index (χ3n) is 5.54. The molecule has 1 saturated heterocycles. The highest BCUT2D eigenvalue weighted by atomic mass is 16.5. The predicted octanol–water partition coefficient (Wildman–Crippen LogP) is 4.23. The van der Waals surface area contributed by atoms with Gasteiger partial charge in [-0.2, -0.15) is 0 Å². The van der Waals surface area contributed by atoms with Gasteiger partial charge in [0.1, 0.15) is 5.75 Å². The van der Waals surface area contributed by atoms with E-state index in [4.69, 9.17) is 4.74 Å². The highest BCUT2D eigenvalue weighted by molar-refractivity contribution is 5.74. The lowest BCUT2D eigenvalue weighted by atomic mass is 10.1. The SMILES string of the molecule is Cc1ccc(CN(Cc2ccc(OCC(C)C)cc2)C(=O)NC2CCN(C)CC2)nc1. The monoisotopic (exact) mass is 424 g/mol. The summed E-state index contributed by atoms with van der Waals surface area (Å²) in [5, 5.41) is 3.24. The second kappa shape index (κ2) is 11.1. The Labute approximate surface area is 186 Å². The molecule has 0 unspecified atom stereocenters. The van der Waals surface area contributed by atoms with Crippen LogP contribution in [-0.2, 0) is 13.1 Å². The van der Waals surface area contributed by atoms with Crippen molar-refractivity contribution in [2.24, 2.45) is 5.92 Å². The lowest BCUT2D eigenvalue weighted by Gasteiger charge is -2.32. The Hall–Kier alpha value is -2.60. The molecular formula is C25H36N4O2. The molecule has 6 nitrogen and oxygen atoms in total. The number of hydrogen-bond donors (Lipinski definition) is 1. The number of urea groups is 1. The van der Waals surface area contributed by atoms with Gasteiger partial charge in [-0.15, -0.1) is 0 Å². The molecule has 2 heterocycles. The number of likely N-dealkylation sites (tertiary alicyclic amines) is 1. The Balaban J connectivity index is 1.67. The van der Waals surface area contributed by atoms with Crippen LogP contribution in [0.4, 0.5) is 4.79 Å². The van der Waals surface area contributed by atoms with Crippen LogP contribution in [-0.4, -0.2) is 53.6 Å². The van der Waals surface area contributed by atoms with Crippen molar-refractivity contribution in [1.82, 2.24) is 20.1 Å². The first-order valence-corrected chi connectivity index (χ1v) is 11.3. The lowest BCUT2D eigenvalue weighted by Crippen LogP contribution is -2.48. The van der Waals surface area contributed by atoms with E-state index in [0.717, 1.165) is 48.5 Å². The molecule has 1 aromatic carbocycles. The van der Waals surface area contributed by atoms with E-state index >= 15 is 0 Å². The summed E-state index contributed by atoms with van der Waals surface area (Å²) in [5.74, 6) is 1.35. The van der Waals surface area contributed by atoms with Crippen LogP contribution in [0.5, 0.6) is 5.75 Å². The third kappa shape index (κ3) is 7.55. The van der Waals surface area contributed by atoms with Crippen molar-refractivity contribution in [1.29, 1.82) is 0 Å². The van der Waals surface area contributed by atoms with Crippen molar-refractivity contribution in [2.45, 2.75) is 52.7 Å². The molecule has 31 heavy (non-hydrogen) atoms. The van der Waals surface area contributed by atoms with Crippen LogP contribution in [0, 0.1) is 12.8 Å². The van der Waals surface area contributed by atoms with Gasteiger partial charge >= 0.3 is 6.03 Å². The van der Waals surface area contributed by atoms with Gasteiger partial charge in [-0.05, 0) is 75.1 Å². The fourth-order valence-corrected chi connectivity index (χ4v) is 3.58. The van der Waals surface area contributed by atoms with E-state index in [1.165, 1.54) is 0 Å². The molecular weight excluding hydrogens is 388 g/mol. The minimum absolute atomic E-state index is 0.0305. The number of benzene rings is 1. The van der Waals surface area contributed by atoms with Gasteiger partial charge in [0.05, 0.1) is 18.8 Å².